The van der Waals surface area contributed by atoms with Crippen molar-refractivity contribution in [3.05, 3.63) is 29.8 Å². The van der Waals surface area contributed by atoms with E-state index in [-0.39, 0.29) is 0 Å². The van der Waals surface area contributed by atoms with Gasteiger partial charge < -0.3 is 9.47 Å². The fourth-order valence-corrected chi connectivity index (χ4v) is 1.30. The van der Waals surface area contributed by atoms with Crippen LogP contribution in [0.2, 0.25) is 0 Å². The number of carbonyl (C=O) groups is 1. The van der Waals surface area contributed by atoms with Gasteiger partial charge in [0, 0.05) is 0 Å². The molecule has 0 heterocycles. The minimum absolute atomic E-state index is 0.357. The van der Waals surface area contributed by atoms with Crippen molar-refractivity contribution in [3.63, 3.8) is 0 Å². The van der Waals surface area contributed by atoms with E-state index in [4.69, 9.17) is 15.9 Å². The zero-order valence-electron chi connectivity index (χ0n) is 9.94. The van der Waals surface area contributed by atoms with Gasteiger partial charge in [0.1, 0.15) is 5.75 Å². The van der Waals surface area contributed by atoms with E-state index in [1.54, 1.807) is 24.3 Å². The highest BCUT2D eigenvalue weighted by Crippen LogP contribution is 2.17. The number of ether oxygens (including phenoxy) is 2. The summed E-state index contributed by atoms with van der Waals surface area (Å²) in [6, 6.07) is 6.89. The van der Waals surface area contributed by atoms with Crippen LogP contribution in [0, 0.1) is 12.3 Å². The van der Waals surface area contributed by atoms with Crippen LogP contribution in [-0.2, 0) is 4.74 Å². The van der Waals surface area contributed by atoms with Gasteiger partial charge in [0.15, 0.2) is 0 Å². The molecule has 0 spiro atoms. The Morgan fingerprint density at radius 2 is 2.12 bits per heavy atom. The van der Waals surface area contributed by atoms with Gasteiger partial charge in [-0.05, 0) is 18.6 Å². The van der Waals surface area contributed by atoms with E-state index in [0.29, 0.717) is 17.9 Å². The van der Waals surface area contributed by atoms with Crippen molar-refractivity contribution in [1.82, 2.24) is 0 Å². The summed E-state index contributed by atoms with van der Waals surface area (Å²) in [6.07, 6.45) is 7.55. The molecule has 0 aromatic heterocycles. The highest BCUT2D eigenvalue weighted by Gasteiger charge is 2.08. The fraction of sp³-hybridized carbons (Fsp3) is 0.357. The van der Waals surface area contributed by atoms with Crippen molar-refractivity contribution in [2.24, 2.45) is 0 Å². The minimum Gasteiger partial charge on any atom is -0.434 e. The third-order valence-electron chi connectivity index (χ3n) is 2.20. The normalized spacial score (nSPS) is 9.41. The number of para-hydroxylation sites is 1. The van der Waals surface area contributed by atoms with Crippen LogP contribution in [0.3, 0.4) is 0 Å². The fourth-order valence-electron chi connectivity index (χ4n) is 1.30. The second-order valence-electron chi connectivity index (χ2n) is 3.55. The SMILES string of the molecule is C#Cc1ccccc1OC(=O)OCCCCC. The van der Waals surface area contributed by atoms with Gasteiger partial charge in [-0.1, -0.05) is 37.8 Å². The van der Waals surface area contributed by atoms with Gasteiger partial charge in [0.05, 0.1) is 12.2 Å². The van der Waals surface area contributed by atoms with Crippen LogP contribution in [0.5, 0.6) is 5.75 Å². The molecule has 0 atom stereocenters. The standard InChI is InChI=1S/C14H16O3/c1-3-5-8-11-16-14(15)17-13-10-7-6-9-12(13)4-2/h2,6-7,9-10H,3,5,8,11H2,1H3. The first-order valence-electron chi connectivity index (χ1n) is 5.68. The zero-order chi connectivity index (χ0) is 12.5. The van der Waals surface area contributed by atoms with E-state index < -0.39 is 6.16 Å². The summed E-state index contributed by atoms with van der Waals surface area (Å²) in [5, 5.41) is 0. The lowest BCUT2D eigenvalue weighted by Crippen LogP contribution is -2.12. The van der Waals surface area contributed by atoms with Gasteiger partial charge >= 0.3 is 6.16 Å². The average molecular weight is 232 g/mol. The monoisotopic (exact) mass is 232 g/mol. The summed E-state index contributed by atoms with van der Waals surface area (Å²) in [7, 11) is 0. The maximum atomic E-state index is 11.3. The molecule has 0 amide bonds. The van der Waals surface area contributed by atoms with Crippen LogP contribution in [0.15, 0.2) is 24.3 Å². The molecule has 0 unspecified atom stereocenters. The van der Waals surface area contributed by atoms with Gasteiger partial charge in [-0.25, -0.2) is 4.79 Å². The van der Waals surface area contributed by atoms with Gasteiger partial charge in [-0.15, -0.1) is 6.42 Å². The smallest absolute Gasteiger partial charge is 0.434 e. The van der Waals surface area contributed by atoms with Crippen LogP contribution >= 0.6 is 0 Å². The number of hydrogen-bond acceptors (Lipinski definition) is 3. The molecule has 90 valence electrons. The van der Waals surface area contributed by atoms with E-state index in [2.05, 4.69) is 12.8 Å². The van der Waals surface area contributed by atoms with E-state index in [1.165, 1.54) is 0 Å². The first-order valence-corrected chi connectivity index (χ1v) is 5.68. The second-order valence-corrected chi connectivity index (χ2v) is 3.55. The summed E-state index contributed by atoms with van der Waals surface area (Å²) >= 11 is 0. The van der Waals surface area contributed by atoms with Gasteiger partial charge in [-0.3, -0.25) is 0 Å². The molecule has 1 aromatic rings. The van der Waals surface area contributed by atoms with Crippen LogP contribution in [0.25, 0.3) is 0 Å². The minimum atomic E-state index is -0.705. The Kier molecular flexibility index (Phi) is 5.67. The van der Waals surface area contributed by atoms with E-state index in [0.717, 1.165) is 19.3 Å². The number of carbonyl (C=O) groups excluding carboxylic acids is 1. The third kappa shape index (κ3) is 4.60. The highest BCUT2D eigenvalue weighted by atomic mass is 16.7. The topological polar surface area (TPSA) is 35.5 Å². The van der Waals surface area contributed by atoms with E-state index in [9.17, 15) is 4.79 Å². The molecule has 0 saturated heterocycles. The Hall–Kier alpha value is -1.95. The molecular weight excluding hydrogens is 216 g/mol. The molecule has 0 aliphatic rings. The average Bonchev–Trinajstić information content (AvgIpc) is 2.35. The molecule has 0 radical (unpaired) electrons. The van der Waals surface area contributed by atoms with Crippen LogP contribution in [0.4, 0.5) is 4.79 Å². The van der Waals surface area contributed by atoms with Crippen molar-refractivity contribution in [3.8, 4) is 18.1 Å². The van der Waals surface area contributed by atoms with Crippen molar-refractivity contribution in [1.29, 1.82) is 0 Å². The van der Waals surface area contributed by atoms with Crippen LogP contribution in [-0.4, -0.2) is 12.8 Å². The Labute approximate surface area is 102 Å². The Morgan fingerprint density at radius 1 is 1.35 bits per heavy atom. The number of rotatable bonds is 5. The molecular formula is C14H16O3. The maximum Gasteiger partial charge on any atom is 0.513 e. The Bertz CT molecular complexity index is 404. The largest absolute Gasteiger partial charge is 0.513 e. The van der Waals surface area contributed by atoms with E-state index >= 15 is 0 Å². The molecule has 0 bridgehead atoms. The summed E-state index contributed by atoms with van der Waals surface area (Å²) in [5.74, 6) is 2.80. The first-order chi connectivity index (χ1) is 8.27. The Morgan fingerprint density at radius 3 is 2.82 bits per heavy atom. The number of terminal acetylenes is 1. The molecule has 0 aliphatic carbocycles. The lowest BCUT2D eigenvalue weighted by Gasteiger charge is -2.06. The van der Waals surface area contributed by atoms with Crippen molar-refractivity contribution in [2.75, 3.05) is 6.61 Å². The molecule has 0 aliphatic heterocycles. The predicted molar refractivity (Wildman–Crippen MR) is 65.9 cm³/mol. The second kappa shape index (κ2) is 7.34. The van der Waals surface area contributed by atoms with Crippen LogP contribution < -0.4 is 4.74 Å². The number of unbranched alkanes of at least 4 members (excludes halogenated alkanes) is 2. The highest BCUT2D eigenvalue weighted by molar-refractivity contribution is 5.65. The van der Waals surface area contributed by atoms with Crippen molar-refractivity contribution < 1.29 is 14.3 Å². The molecule has 0 saturated carbocycles. The summed E-state index contributed by atoms with van der Waals surface area (Å²) in [4.78, 5) is 11.3. The Balaban J connectivity index is 2.43. The molecule has 0 N–H and O–H groups in total. The van der Waals surface area contributed by atoms with E-state index in [1.807, 2.05) is 0 Å². The molecule has 1 aromatic carbocycles. The van der Waals surface area contributed by atoms with Gasteiger partial charge in [-0.2, -0.15) is 0 Å². The van der Waals surface area contributed by atoms with Crippen LogP contribution in [0.1, 0.15) is 31.7 Å². The van der Waals surface area contributed by atoms with Gasteiger partial charge in [0.25, 0.3) is 0 Å². The molecule has 3 nitrogen and oxygen atoms in total. The van der Waals surface area contributed by atoms with Crippen molar-refractivity contribution >= 4 is 6.16 Å². The lowest BCUT2D eigenvalue weighted by atomic mass is 10.2. The summed E-state index contributed by atoms with van der Waals surface area (Å²) in [5.41, 5.74) is 0.540. The number of benzene rings is 1. The maximum absolute atomic E-state index is 11.3. The predicted octanol–water partition coefficient (Wildman–Crippen LogP) is 3.37. The molecule has 1 rings (SSSR count). The molecule has 3 heteroatoms. The first kappa shape index (κ1) is 13.1. The van der Waals surface area contributed by atoms with Crippen molar-refractivity contribution in [2.45, 2.75) is 26.2 Å². The molecule has 17 heavy (non-hydrogen) atoms. The lowest BCUT2D eigenvalue weighted by molar-refractivity contribution is 0.0973. The summed E-state index contributed by atoms with van der Waals surface area (Å²) in [6.45, 7) is 2.46. The third-order valence-corrected chi connectivity index (χ3v) is 2.20. The summed E-state index contributed by atoms with van der Waals surface area (Å²) < 4.78 is 9.93. The number of hydrogen-bond donors (Lipinski definition) is 0. The quantitative estimate of drug-likeness (QED) is 0.338. The zero-order valence-corrected chi connectivity index (χ0v) is 9.94. The molecule has 0 fully saturated rings. The van der Waals surface area contributed by atoms with Gasteiger partial charge in [0.2, 0.25) is 0 Å².